The van der Waals surface area contributed by atoms with Gasteiger partial charge in [-0.3, -0.25) is 9.59 Å². The van der Waals surface area contributed by atoms with Gasteiger partial charge in [0.15, 0.2) is 6.61 Å². The van der Waals surface area contributed by atoms with E-state index in [1.807, 2.05) is 32.1 Å². The standard InChI is InChI=1S/C31H34Cl2O6/c1-18-14-24-23-11-10-21-15-22(39-27(36)20-8-6-5-7-9-20)12-13-28(21,3)30(23,33)25(32)16-29(24,4)31(18,37)26(35)17-38-19(2)34/h5-10,12-13,15,18,23-25,37H,11,14,16-17H2,1-4H3/t18?,23-,24-,25?,28-,29-,30-,31-/m0/s1. The molecular formula is C31H34Cl2O6. The van der Waals surface area contributed by atoms with Gasteiger partial charge in [-0.25, -0.2) is 4.79 Å². The largest absolute Gasteiger partial charge is 0.458 e. The Balaban J connectivity index is 1.47. The average molecular weight is 574 g/mol. The van der Waals surface area contributed by atoms with E-state index in [1.165, 1.54) is 6.92 Å². The number of fused-ring (bicyclic) bond motifs is 5. The summed E-state index contributed by atoms with van der Waals surface area (Å²) in [5.74, 6) is -1.65. The van der Waals surface area contributed by atoms with Crippen molar-refractivity contribution in [1.82, 2.24) is 0 Å². The van der Waals surface area contributed by atoms with E-state index in [4.69, 9.17) is 32.7 Å². The van der Waals surface area contributed by atoms with Crippen molar-refractivity contribution in [2.75, 3.05) is 6.61 Å². The highest BCUT2D eigenvalue weighted by Gasteiger charge is 2.74. The molecule has 0 aliphatic heterocycles. The van der Waals surface area contributed by atoms with Gasteiger partial charge in [0, 0.05) is 17.8 Å². The Kier molecular flexibility index (Phi) is 6.93. The number of aliphatic hydroxyl groups is 1. The Bertz CT molecular complexity index is 1300. The minimum Gasteiger partial charge on any atom is -0.458 e. The predicted molar refractivity (Wildman–Crippen MR) is 148 cm³/mol. The molecule has 6 nitrogen and oxygen atoms in total. The summed E-state index contributed by atoms with van der Waals surface area (Å²) in [7, 11) is 0. The molecular weight excluding hydrogens is 539 g/mol. The van der Waals surface area contributed by atoms with Crippen LogP contribution < -0.4 is 0 Å². The average Bonchev–Trinajstić information content (AvgIpc) is 3.10. The molecule has 0 saturated heterocycles. The van der Waals surface area contributed by atoms with Crippen molar-refractivity contribution < 1.29 is 29.0 Å². The van der Waals surface area contributed by atoms with E-state index in [0.29, 0.717) is 30.6 Å². The topological polar surface area (TPSA) is 89.9 Å². The third kappa shape index (κ3) is 3.97. The maximum absolute atomic E-state index is 13.3. The smallest absolute Gasteiger partial charge is 0.343 e. The lowest BCUT2D eigenvalue weighted by atomic mass is 9.47. The number of halogens is 2. The fraction of sp³-hybridized carbons (Fsp3) is 0.516. The zero-order valence-corrected chi connectivity index (χ0v) is 24.1. The van der Waals surface area contributed by atoms with Crippen LogP contribution in [0.3, 0.4) is 0 Å². The molecule has 1 aromatic rings. The van der Waals surface area contributed by atoms with E-state index in [0.717, 1.165) is 5.57 Å². The maximum atomic E-state index is 13.3. The fourth-order valence-corrected chi connectivity index (χ4v) is 9.11. The summed E-state index contributed by atoms with van der Waals surface area (Å²) in [6.45, 7) is 6.62. The third-order valence-corrected chi connectivity index (χ3v) is 11.6. The number of ether oxygens (including phenoxy) is 2. The molecule has 4 aliphatic rings. The molecule has 1 aromatic carbocycles. The quantitative estimate of drug-likeness (QED) is 0.356. The first kappa shape index (κ1) is 28.1. The molecule has 0 heterocycles. The Hall–Kier alpha value is -2.41. The van der Waals surface area contributed by atoms with Crippen LogP contribution in [-0.4, -0.2) is 45.3 Å². The van der Waals surface area contributed by atoms with Crippen LogP contribution in [0.15, 0.2) is 66.0 Å². The lowest BCUT2D eigenvalue weighted by Gasteiger charge is -2.63. The SMILES string of the molecule is CC(=O)OCC(=O)[C@@]1(O)C(C)C[C@H]2[C@@H]3CC=C4C=C(OC(=O)c5ccccc5)C=C[C@]4(C)[C@@]3(Cl)C(Cl)C[C@@]21C. The molecule has 208 valence electrons. The number of ketones is 1. The predicted octanol–water partition coefficient (Wildman–Crippen LogP) is 5.76. The summed E-state index contributed by atoms with van der Waals surface area (Å²) >= 11 is 14.8. The molecule has 1 N–H and O–H groups in total. The number of allylic oxidation sites excluding steroid dienone is 5. The van der Waals surface area contributed by atoms with Crippen LogP contribution in [0.1, 0.15) is 57.3 Å². The molecule has 0 aromatic heterocycles. The number of esters is 2. The van der Waals surface area contributed by atoms with Crippen molar-refractivity contribution in [2.45, 2.75) is 62.8 Å². The van der Waals surface area contributed by atoms with Gasteiger partial charge in [0.2, 0.25) is 5.78 Å². The van der Waals surface area contributed by atoms with Crippen molar-refractivity contribution in [3.8, 4) is 0 Å². The molecule has 2 fully saturated rings. The lowest BCUT2D eigenvalue weighted by molar-refractivity contribution is -0.171. The Morgan fingerprint density at radius 2 is 1.82 bits per heavy atom. The third-order valence-electron chi connectivity index (χ3n) is 10.0. The van der Waals surface area contributed by atoms with Crippen molar-refractivity contribution >= 4 is 40.9 Å². The van der Waals surface area contributed by atoms with E-state index < -0.39 is 51.0 Å². The molecule has 2 saturated carbocycles. The Morgan fingerprint density at radius 3 is 2.49 bits per heavy atom. The van der Waals surface area contributed by atoms with Gasteiger partial charge < -0.3 is 14.6 Å². The summed E-state index contributed by atoms with van der Waals surface area (Å²) in [5.41, 5.74) is -1.81. The molecule has 8 atom stereocenters. The van der Waals surface area contributed by atoms with Gasteiger partial charge in [0.25, 0.3) is 0 Å². The second-order valence-corrected chi connectivity index (χ2v) is 13.1. The molecule has 0 spiro atoms. The van der Waals surface area contributed by atoms with Crippen LogP contribution in [0.4, 0.5) is 0 Å². The Morgan fingerprint density at radius 1 is 1.13 bits per heavy atom. The summed E-state index contributed by atoms with van der Waals surface area (Å²) in [5, 5.41) is 11.4. The van der Waals surface area contributed by atoms with Crippen LogP contribution in [0, 0.1) is 28.6 Å². The van der Waals surface area contributed by atoms with E-state index in [1.54, 1.807) is 30.3 Å². The van der Waals surface area contributed by atoms with Gasteiger partial charge >= 0.3 is 11.9 Å². The number of carbonyl (C=O) groups is 3. The molecule has 8 heteroatoms. The molecule has 2 unspecified atom stereocenters. The van der Waals surface area contributed by atoms with Gasteiger partial charge in [0.1, 0.15) is 11.4 Å². The van der Waals surface area contributed by atoms with Gasteiger partial charge in [-0.05, 0) is 66.9 Å². The number of alkyl halides is 2. The van der Waals surface area contributed by atoms with Crippen LogP contribution in [0.2, 0.25) is 0 Å². The van der Waals surface area contributed by atoms with Gasteiger partial charge in [-0.1, -0.05) is 51.1 Å². The van der Waals surface area contributed by atoms with Crippen molar-refractivity contribution in [2.24, 2.45) is 28.6 Å². The van der Waals surface area contributed by atoms with Crippen LogP contribution in [-0.2, 0) is 19.1 Å². The molecule has 5 rings (SSSR count). The second-order valence-electron chi connectivity index (χ2n) is 11.9. The normalized spacial score (nSPS) is 40.4. The van der Waals surface area contributed by atoms with Gasteiger partial charge in [-0.2, -0.15) is 0 Å². The monoisotopic (exact) mass is 572 g/mol. The van der Waals surface area contributed by atoms with Crippen molar-refractivity contribution in [3.05, 3.63) is 71.5 Å². The zero-order valence-electron chi connectivity index (χ0n) is 22.6. The molecule has 0 bridgehead atoms. The summed E-state index contributed by atoms with van der Waals surface area (Å²) in [6.07, 6.45) is 9.24. The summed E-state index contributed by atoms with van der Waals surface area (Å²) in [4.78, 5) is 36.4. The number of hydrogen-bond donors (Lipinski definition) is 1. The highest BCUT2D eigenvalue weighted by atomic mass is 35.5. The highest BCUT2D eigenvalue weighted by Crippen LogP contribution is 2.71. The summed E-state index contributed by atoms with van der Waals surface area (Å²) < 4.78 is 10.7. The molecule has 39 heavy (non-hydrogen) atoms. The van der Waals surface area contributed by atoms with Crippen molar-refractivity contribution in [1.29, 1.82) is 0 Å². The fourth-order valence-electron chi connectivity index (χ4n) is 7.91. The van der Waals surface area contributed by atoms with Crippen LogP contribution >= 0.6 is 23.2 Å². The number of carbonyl (C=O) groups excluding carboxylic acids is 3. The van der Waals surface area contributed by atoms with E-state index in [-0.39, 0.29) is 17.8 Å². The van der Waals surface area contributed by atoms with Gasteiger partial charge in [0.05, 0.1) is 15.8 Å². The van der Waals surface area contributed by atoms with E-state index in [2.05, 4.69) is 13.0 Å². The molecule has 0 radical (unpaired) electrons. The zero-order chi connectivity index (χ0) is 28.4. The number of hydrogen-bond acceptors (Lipinski definition) is 6. The van der Waals surface area contributed by atoms with Crippen molar-refractivity contribution in [3.63, 3.8) is 0 Å². The van der Waals surface area contributed by atoms with Gasteiger partial charge in [-0.15, -0.1) is 23.2 Å². The Labute approximate surface area is 239 Å². The second kappa shape index (κ2) is 9.60. The first-order valence-electron chi connectivity index (χ1n) is 13.4. The number of Topliss-reactive ketones (excluding diaryl/α,β-unsaturated/α-hetero) is 1. The van der Waals surface area contributed by atoms with E-state index in [9.17, 15) is 19.5 Å². The minimum atomic E-state index is -1.69. The maximum Gasteiger partial charge on any atom is 0.343 e. The van der Waals surface area contributed by atoms with Crippen LogP contribution in [0.25, 0.3) is 0 Å². The number of benzene rings is 1. The summed E-state index contributed by atoms with van der Waals surface area (Å²) in [6, 6.07) is 8.81. The lowest BCUT2D eigenvalue weighted by Crippen LogP contribution is -2.67. The van der Waals surface area contributed by atoms with Crippen LogP contribution in [0.5, 0.6) is 0 Å². The first-order chi connectivity index (χ1) is 18.3. The van der Waals surface area contributed by atoms with E-state index >= 15 is 0 Å². The molecule has 0 amide bonds. The molecule has 4 aliphatic carbocycles. The number of rotatable bonds is 5. The minimum absolute atomic E-state index is 0.0874. The highest BCUT2D eigenvalue weighted by molar-refractivity contribution is 6.34. The first-order valence-corrected chi connectivity index (χ1v) is 14.2.